The number of halogens is 1. The van der Waals surface area contributed by atoms with Gasteiger partial charge in [0.05, 0.1) is 17.3 Å². The van der Waals surface area contributed by atoms with Crippen molar-refractivity contribution in [2.45, 2.75) is 18.4 Å². The van der Waals surface area contributed by atoms with E-state index in [1.54, 1.807) is 24.1 Å². The molecule has 0 saturated heterocycles. The monoisotopic (exact) mass is 275 g/mol. The Morgan fingerprint density at radius 1 is 1.37 bits per heavy atom. The lowest BCUT2D eigenvalue weighted by Gasteiger charge is -2.17. The van der Waals surface area contributed by atoms with E-state index in [9.17, 15) is 4.79 Å². The molecular formula is C14H14ClN3O. The maximum Gasteiger partial charge on any atom is 0.255 e. The van der Waals surface area contributed by atoms with Crippen molar-refractivity contribution in [3.63, 3.8) is 0 Å². The molecule has 0 radical (unpaired) electrons. The van der Waals surface area contributed by atoms with E-state index in [0.717, 1.165) is 18.4 Å². The van der Waals surface area contributed by atoms with E-state index in [1.165, 1.54) is 0 Å². The second-order valence-corrected chi connectivity index (χ2v) is 5.38. The number of nitrogens with one attached hydrogen (secondary N) is 1. The molecule has 19 heavy (non-hydrogen) atoms. The van der Waals surface area contributed by atoms with Gasteiger partial charge in [0.2, 0.25) is 0 Å². The van der Waals surface area contributed by atoms with Crippen LogP contribution in [0.15, 0.2) is 36.7 Å². The van der Waals surface area contributed by atoms with Crippen molar-refractivity contribution in [2.24, 2.45) is 7.05 Å². The normalized spacial score (nSPS) is 16.1. The number of rotatable bonds is 3. The molecule has 1 amide bonds. The highest BCUT2D eigenvalue weighted by Crippen LogP contribution is 2.45. The van der Waals surface area contributed by atoms with Crippen molar-refractivity contribution in [3.8, 4) is 0 Å². The van der Waals surface area contributed by atoms with E-state index >= 15 is 0 Å². The van der Waals surface area contributed by atoms with Crippen molar-refractivity contribution in [1.29, 1.82) is 0 Å². The average molecular weight is 276 g/mol. The standard InChI is InChI=1S/C14H14ClN3O/c1-18-9-10(8-16-18)13(19)17-14(6-7-14)11-2-4-12(15)5-3-11/h2-5,8-9H,6-7H2,1H3,(H,17,19). The van der Waals surface area contributed by atoms with E-state index < -0.39 is 0 Å². The smallest absolute Gasteiger partial charge is 0.255 e. The van der Waals surface area contributed by atoms with Gasteiger partial charge in [-0.05, 0) is 30.5 Å². The van der Waals surface area contributed by atoms with E-state index in [-0.39, 0.29) is 11.4 Å². The summed E-state index contributed by atoms with van der Waals surface area (Å²) in [6.45, 7) is 0. The Labute approximate surface area is 116 Å². The third-order valence-electron chi connectivity index (χ3n) is 3.47. The van der Waals surface area contributed by atoms with Crippen LogP contribution in [-0.4, -0.2) is 15.7 Å². The Kier molecular flexibility index (Phi) is 2.82. The average Bonchev–Trinajstić information content (AvgIpc) is 3.03. The summed E-state index contributed by atoms with van der Waals surface area (Å²) in [6.07, 6.45) is 5.21. The van der Waals surface area contributed by atoms with Gasteiger partial charge in [-0.3, -0.25) is 9.48 Å². The van der Waals surface area contributed by atoms with Gasteiger partial charge in [0, 0.05) is 18.3 Å². The van der Waals surface area contributed by atoms with Gasteiger partial charge in [-0.15, -0.1) is 0 Å². The van der Waals surface area contributed by atoms with E-state index in [2.05, 4.69) is 10.4 Å². The molecule has 1 N–H and O–H groups in total. The van der Waals surface area contributed by atoms with Gasteiger partial charge >= 0.3 is 0 Å². The molecule has 1 saturated carbocycles. The first-order chi connectivity index (χ1) is 9.09. The van der Waals surface area contributed by atoms with E-state index in [4.69, 9.17) is 11.6 Å². The first-order valence-electron chi connectivity index (χ1n) is 6.16. The molecule has 5 heteroatoms. The molecule has 0 unspecified atom stereocenters. The highest BCUT2D eigenvalue weighted by atomic mass is 35.5. The number of hydrogen-bond acceptors (Lipinski definition) is 2. The lowest BCUT2D eigenvalue weighted by atomic mass is 10.0. The zero-order chi connectivity index (χ0) is 13.5. The van der Waals surface area contributed by atoms with Crippen LogP contribution < -0.4 is 5.32 Å². The summed E-state index contributed by atoms with van der Waals surface area (Å²) >= 11 is 5.89. The molecule has 0 aliphatic heterocycles. The van der Waals surface area contributed by atoms with Crippen LogP contribution in [-0.2, 0) is 12.6 Å². The van der Waals surface area contributed by atoms with Crippen molar-refractivity contribution in [1.82, 2.24) is 15.1 Å². The van der Waals surface area contributed by atoms with Crippen LogP contribution in [0, 0.1) is 0 Å². The first kappa shape index (κ1) is 12.2. The minimum Gasteiger partial charge on any atom is -0.342 e. The molecular weight excluding hydrogens is 262 g/mol. The number of hydrogen-bond donors (Lipinski definition) is 1. The lowest BCUT2D eigenvalue weighted by molar-refractivity contribution is 0.0930. The van der Waals surface area contributed by atoms with Gasteiger partial charge in [-0.2, -0.15) is 5.10 Å². The summed E-state index contributed by atoms with van der Waals surface area (Å²) < 4.78 is 1.62. The van der Waals surface area contributed by atoms with Gasteiger partial charge in [-0.1, -0.05) is 23.7 Å². The number of carbonyl (C=O) groups is 1. The number of amides is 1. The van der Waals surface area contributed by atoms with Crippen molar-refractivity contribution in [2.75, 3.05) is 0 Å². The van der Waals surface area contributed by atoms with Crippen LogP contribution in [0.2, 0.25) is 5.02 Å². The SMILES string of the molecule is Cn1cc(C(=O)NC2(c3ccc(Cl)cc3)CC2)cn1. The molecule has 0 spiro atoms. The molecule has 1 aliphatic rings. The van der Waals surface area contributed by atoms with Crippen LogP contribution in [0.3, 0.4) is 0 Å². The zero-order valence-corrected chi connectivity index (χ0v) is 11.3. The molecule has 98 valence electrons. The van der Waals surface area contributed by atoms with Gasteiger partial charge < -0.3 is 5.32 Å². The summed E-state index contributed by atoms with van der Waals surface area (Å²) in [5, 5.41) is 7.81. The van der Waals surface area contributed by atoms with E-state index in [0.29, 0.717) is 10.6 Å². The summed E-state index contributed by atoms with van der Waals surface area (Å²) in [5.41, 5.74) is 1.47. The van der Waals surface area contributed by atoms with Crippen molar-refractivity contribution in [3.05, 3.63) is 52.8 Å². The minimum absolute atomic E-state index is 0.0828. The Hall–Kier alpha value is -1.81. The lowest BCUT2D eigenvalue weighted by Crippen LogP contribution is -2.34. The minimum atomic E-state index is -0.225. The van der Waals surface area contributed by atoms with Crippen LogP contribution in [0.5, 0.6) is 0 Å². The van der Waals surface area contributed by atoms with E-state index in [1.807, 2.05) is 24.3 Å². The van der Waals surface area contributed by atoms with Crippen molar-refractivity contribution >= 4 is 17.5 Å². The fourth-order valence-corrected chi connectivity index (χ4v) is 2.33. The van der Waals surface area contributed by atoms with Gasteiger partial charge in [0.25, 0.3) is 5.91 Å². The summed E-state index contributed by atoms with van der Waals surface area (Å²) in [5.74, 6) is -0.0828. The maximum absolute atomic E-state index is 12.2. The predicted octanol–water partition coefficient (Wildman–Crippen LogP) is 2.49. The number of carbonyl (C=O) groups excluding carboxylic acids is 1. The van der Waals surface area contributed by atoms with Crippen LogP contribution in [0.4, 0.5) is 0 Å². The molecule has 1 fully saturated rings. The Morgan fingerprint density at radius 2 is 2.05 bits per heavy atom. The molecule has 1 aliphatic carbocycles. The highest BCUT2D eigenvalue weighted by Gasteiger charge is 2.45. The Balaban J connectivity index is 1.79. The van der Waals surface area contributed by atoms with Gasteiger partial charge in [0.1, 0.15) is 0 Å². The second-order valence-electron chi connectivity index (χ2n) is 4.95. The molecule has 1 heterocycles. The maximum atomic E-state index is 12.2. The van der Waals surface area contributed by atoms with Gasteiger partial charge in [0.15, 0.2) is 0 Å². The molecule has 1 aromatic heterocycles. The van der Waals surface area contributed by atoms with Crippen LogP contribution in [0.25, 0.3) is 0 Å². The fraction of sp³-hybridized carbons (Fsp3) is 0.286. The second kappa shape index (κ2) is 4.38. The highest BCUT2D eigenvalue weighted by molar-refractivity contribution is 6.30. The molecule has 0 atom stereocenters. The first-order valence-corrected chi connectivity index (χ1v) is 6.54. The molecule has 0 bridgehead atoms. The third-order valence-corrected chi connectivity index (χ3v) is 3.72. The van der Waals surface area contributed by atoms with Gasteiger partial charge in [-0.25, -0.2) is 0 Å². The zero-order valence-electron chi connectivity index (χ0n) is 10.6. The fourth-order valence-electron chi connectivity index (χ4n) is 2.21. The molecule has 1 aromatic carbocycles. The summed E-state index contributed by atoms with van der Waals surface area (Å²) in [6, 6.07) is 7.65. The molecule has 3 rings (SSSR count). The number of nitrogens with zero attached hydrogens (tertiary/aromatic N) is 2. The number of benzene rings is 1. The topological polar surface area (TPSA) is 46.9 Å². The van der Waals surface area contributed by atoms with Crippen LogP contribution >= 0.6 is 11.6 Å². The molecule has 2 aromatic rings. The molecule has 4 nitrogen and oxygen atoms in total. The van der Waals surface area contributed by atoms with Crippen LogP contribution in [0.1, 0.15) is 28.8 Å². The quantitative estimate of drug-likeness (QED) is 0.935. The van der Waals surface area contributed by atoms with Crippen molar-refractivity contribution < 1.29 is 4.79 Å². The summed E-state index contributed by atoms with van der Waals surface area (Å²) in [7, 11) is 1.79. The Bertz CT molecular complexity index is 614. The Morgan fingerprint density at radius 3 is 2.58 bits per heavy atom. The largest absolute Gasteiger partial charge is 0.342 e. The predicted molar refractivity (Wildman–Crippen MR) is 73.0 cm³/mol. The number of aromatic nitrogens is 2. The third kappa shape index (κ3) is 2.36. The number of aryl methyl sites for hydroxylation is 1. The summed E-state index contributed by atoms with van der Waals surface area (Å²) in [4.78, 5) is 12.2.